The Labute approximate surface area is 72.8 Å². The number of hydrogen-bond donors (Lipinski definition) is 1. The summed E-state index contributed by atoms with van der Waals surface area (Å²) >= 11 is 0. The molecule has 0 aliphatic heterocycles. The fourth-order valence-corrected chi connectivity index (χ4v) is 0.843. The van der Waals surface area contributed by atoms with Gasteiger partial charge < -0.3 is 10.0 Å². The van der Waals surface area contributed by atoms with E-state index in [1.807, 2.05) is 0 Å². The number of carbonyl (C=O) groups excluding carboxylic acids is 1. The number of carbonyl (C=O) groups is 2. The molecular weight excluding hydrogens is 157 g/mol. The maximum atomic E-state index is 11.1. The van der Waals surface area contributed by atoms with Crippen LogP contribution < -0.4 is 0 Å². The number of rotatable bonds is 5. The lowest BCUT2D eigenvalue weighted by Gasteiger charge is -2.17. The molecule has 0 rings (SSSR count). The molecule has 0 aliphatic carbocycles. The second kappa shape index (κ2) is 5.63. The molecule has 0 spiro atoms. The highest BCUT2D eigenvalue weighted by Crippen LogP contribution is 1.93. The molecule has 0 fully saturated rings. The van der Waals surface area contributed by atoms with Crippen molar-refractivity contribution < 1.29 is 14.7 Å². The third-order valence-corrected chi connectivity index (χ3v) is 1.44. The van der Waals surface area contributed by atoms with Gasteiger partial charge in [0.05, 0.1) is 0 Å². The second-order valence-corrected chi connectivity index (χ2v) is 2.41. The summed E-state index contributed by atoms with van der Waals surface area (Å²) in [7, 11) is 1.72. The summed E-state index contributed by atoms with van der Waals surface area (Å²) in [5.74, 6) is -1.11. The minimum Gasteiger partial charge on any atom is -0.480 e. The largest absolute Gasteiger partial charge is 0.480 e. The van der Waals surface area contributed by atoms with Crippen molar-refractivity contribution >= 4 is 19.2 Å². The van der Waals surface area contributed by atoms with E-state index in [1.54, 1.807) is 21.0 Å². The summed E-state index contributed by atoms with van der Waals surface area (Å²) in [4.78, 5) is 22.7. The second-order valence-electron chi connectivity index (χ2n) is 2.41. The van der Waals surface area contributed by atoms with Crippen LogP contribution in [-0.4, -0.2) is 42.3 Å². The van der Waals surface area contributed by atoms with Crippen LogP contribution in [0.25, 0.3) is 0 Å². The molecular formula is C7H13BNO3. The first-order valence-corrected chi connectivity index (χ1v) is 3.89. The van der Waals surface area contributed by atoms with Crippen LogP contribution in [-0.2, 0) is 9.59 Å². The number of aliphatic carboxylic acids is 1. The summed E-state index contributed by atoms with van der Waals surface area (Å²) in [6.07, 6.45) is 0.307. The summed E-state index contributed by atoms with van der Waals surface area (Å²) in [6, 6.07) is 0. The lowest BCUT2D eigenvalue weighted by molar-refractivity contribution is -0.143. The molecule has 1 N–H and O–H groups in total. The van der Waals surface area contributed by atoms with E-state index in [0.29, 0.717) is 12.9 Å². The highest BCUT2D eigenvalue weighted by molar-refractivity contribution is 6.39. The number of nitrogens with zero attached hydrogens (tertiary/aromatic N) is 1. The monoisotopic (exact) mass is 170 g/mol. The zero-order valence-electron chi connectivity index (χ0n) is 7.41. The van der Waals surface area contributed by atoms with Gasteiger partial charge >= 0.3 is 5.97 Å². The van der Waals surface area contributed by atoms with Gasteiger partial charge in [-0.05, 0) is 13.2 Å². The van der Waals surface area contributed by atoms with Crippen LogP contribution in [0.5, 0.6) is 0 Å². The van der Waals surface area contributed by atoms with Crippen molar-refractivity contribution in [1.82, 2.24) is 4.90 Å². The molecule has 0 heterocycles. The van der Waals surface area contributed by atoms with Crippen LogP contribution in [0.1, 0.15) is 6.92 Å². The maximum Gasteiger partial charge on any atom is 0.323 e. The number of carboxylic acids is 1. The Morgan fingerprint density at radius 1 is 1.50 bits per heavy atom. The van der Waals surface area contributed by atoms with Crippen LogP contribution in [0.4, 0.5) is 0 Å². The predicted octanol–water partition coefficient (Wildman–Crippen LogP) is 0.0901. The smallest absolute Gasteiger partial charge is 0.323 e. The molecule has 0 atom stereocenters. The van der Waals surface area contributed by atoms with E-state index in [1.165, 1.54) is 4.90 Å². The molecule has 0 aromatic carbocycles. The van der Waals surface area contributed by atoms with E-state index in [2.05, 4.69) is 0 Å². The number of carboxylic acid groups (broad SMARTS) is 1. The van der Waals surface area contributed by atoms with E-state index < -0.39 is 5.97 Å². The summed E-state index contributed by atoms with van der Waals surface area (Å²) in [5.41, 5.74) is 0. The van der Waals surface area contributed by atoms with Gasteiger partial charge in [-0.25, -0.2) is 0 Å². The van der Waals surface area contributed by atoms with Gasteiger partial charge in [0.15, 0.2) is 0 Å². The highest BCUT2D eigenvalue weighted by atomic mass is 16.4. The Morgan fingerprint density at radius 3 is 2.42 bits per heavy atom. The molecule has 0 saturated carbocycles. The Balaban J connectivity index is 3.96. The Hall–Kier alpha value is -0.995. The van der Waals surface area contributed by atoms with Crippen molar-refractivity contribution in [1.29, 1.82) is 0 Å². The van der Waals surface area contributed by atoms with Crippen molar-refractivity contribution in [2.24, 2.45) is 0 Å². The Kier molecular flexibility index (Phi) is 5.16. The van der Waals surface area contributed by atoms with Gasteiger partial charge in [0.1, 0.15) is 13.8 Å². The minimum absolute atomic E-state index is 0.137. The quantitative estimate of drug-likeness (QED) is 0.594. The Morgan fingerprint density at radius 2 is 2.08 bits per heavy atom. The molecule has 0 aromatic heterocycles. The molecule has 0 unspecified atom stereocenters. The van der Waals surface area contributed by atoms with Crippen LogP contribution in [0.2, 0.25) is 13.1 Å². The number of hydrogen-bond acceptors (Lipinski definition) is 2. The van der Waals surface area contributed by atoms with Gasteiger partial charge in [-0.2, -0.15) is 0 Å². The average molecular weight is 170 g/mol. The van der Waals surface area contributed by atoms with E-state index >= 15 is 0 Å². The molecule has 4 nitrogen and oxygen atoms in total. The molecule has 67 valence electrons. The first-order valence-electron chi connectivity index (χ1n) is 3.89. The highest BCUT2D eigenvalue weighted by Gasteiger charge is 2.12. The van der Waals surface area contributed by atoms with Crippen molar-refractivity contribution in [2.45, 2.75) is 20.1 Å². The van der Waals surface area contributed by atoms with Crippen molar-refractivity contribution in [2.75, 3.05) is 13.1 Å². The lowest BCUT2D eigenvalue weighted by atomic mass is 9.77. The third kappa shape index (κ3) is 4.00. The first kappa shape index (κ1) is 11.0. The average Bonchev–Trinajstić information content (AvgIpc) is 2.00. The van der Waals surface area contributed by atoms with E-state index in [-0.39, 0.29) is 12.5 Å². The summed E-state index contributed by atoms with van der Waals surface area (Å²) < 4.78 is 0. The minimum atomic E-state index is -0.971. The molecule has 0 aromatic rings. The van der Waals surface area contributed by atoms with Crippen molar-refractivity contribution in [3.8, 4) is 0 Å². The van der Waals surface area contributed by atoms with Crippen molar-refractivity contribution in [3.63, 3.8) is 0 Å². The molecule has 5 heteroatoms. The fraction of sp³-hybridized carbons (Fsp3) is 0.714. The molecule has 0 aliphatic rings. The standard InChI is InChI=1S/C7H13BNO3/c1-3-9(5-7(11)12)6(10)4-8-2/h3-5H2,1-2H3,(H,11,12). The van der Waals surface area contributed by atoms with Gasteiger partial charge in [0.25, 0.3) is 0 Å². The van der Waals surface area contributed by atoms with Gasteiger partial charge in [-0.15, -0.1) is 0 Å². The van der Waals surface area contributed by atoms with E-state index in [4.69, 9.17) is 5.11 Å². The van der Waals surface area contributed by atoms with Crippen LogP contribution in [0.15, 0.2) is 0 Å². The van der Waals surface area contributed by atoms with Crippen LogP contribution >= 0.6 is 0 Å². The normalized spacial score (nSPS) is 9.17. The Bertz CT molecular complexity index is 172. The number of likely N-dealkylation sites (N-methyl/N-ethyl adjacent to an activating group) is 1. The predicted molar refractivity (Wildman–Crippen MR) is 46.3 cm³/mol. The van der Waals surface area contributed by atoms with Gasteiger partial charge in [0, 0.05) is 6.54 Å². The van der Waals surface area contributed by atoms with Gasteiger partial charge in [0.2, 0.25) is 5.91 Å². The molecule has 12 heavy (non-hydrogen) atoms. The summed E-state index contributed by atoms with van der Waals surface area (Å²) in [5, 5.41) is 8.43. The summed E-state index contributed by atoms with van der Waals surface area (Å²) in [6.45, 7) is 3.77. The number of amides is 1. The first-order chi connectivity index (χ1) is 5.61. The fourth-order valence-electron chi connectivity index (χ4n) is 0.843. The SMILES string of the molecule is C[B]CC(=O)N(CC)CC(=O)O. The lowest BCUT2D eigenvalue weighted by Crippen LogP contribution is -2.35. The van der Waals surface area contributed by atoms with Crippen molar-refractivity contribution in [3.05, 3.63) is 0 Å². The zero-order valence-corrected chi connectivity index (χ0v) is 7.41. The van der Waals surface area contributed by atoms with Gasteiger partial charge in [-0.3, -0.25) is 9.59 Å². The van der Waals surface area contributed by atoms with Crippen LogP contribution in [0.3, 0.4) is 0 Å². The van der Waals surface area contributed by atoms with Gasteiger partial charge in [-0.1, -0.05) is 6.82 Å². The molecule has 1 amide bonds. The van der Waals surface area contributed by atoms with E-state index in [9.17, 15) is 9.59 Å². The third-order valence-electron chi connectivity index (χ3n) is 1.44. The zero-order chi connectivity index (χ0) is 9.56. The van der Waals surface area contributed by atoms with E-state index in [0.717, 1.165) is 0 Å². The maximum absolute atomic E-state index is 11.1. The molecule has 1 radical (unpaired) electrons. The topological polar surface area (TPSA) is 57.6 Å². The van der Waals surface area contributed by atoms with Crippen LogP contribution in [0, 0.1) is 0 Å². The molecule has 0 saturated heterocycles. The molecule has 0 bridgehead atoms.